The molecule has 0 bridgehead atoms. The number of carbonyl (C=O) groups is 2. The summed E-state index contributed by atoms with van der Waals surface area (Å²) in [5, 5.41) is 11.4. The van der Waals surface area contributed by atoms with Crippen LogP contribution in [0.15, 0.2) is 18.3 Å². The number of pyridine rings is 1. The lowest BCUT2D eigenvalue weighted by molar-refractivity contribution is -0.116. The molecule has 0 aliphatic rings. The van der Waals surface area contributed by atoms with Crippen LogP contribution in [0.2, 0.25) is 0 Å². The molecule has 1 amide bonds. The number of carboxylic acid groups (broad SMARTS) is 1. The van der Waals surface area contributed by atoms with Gasteiger partial charge in [0.05, 0.1) is 0 Å². The zero-order valence-electron chi connectivity index (χ0n) is 9.80. The van der Waals surface area contributed by atoms with Gasteiger partial charge < -0.3 is 15.3 Å². The van der Waals surface area contributed by atoms with Gasteiger partial charge in [-0.25, -0.2) is 9.78 Å². The minimum Gasteiger partial charge on any atom is -0.478 e. The first-order valence-corrected chi connectivity index (χ1v) is 5.13. The van der Waals surface area contributed by atoms with E-state index in [2.05, 4.69) is 10.3 Å². The van der Waals surface area contributed by atoms with Crippen LogP contribution in [0.25, 0.3) is 0 Å². The highest BCUT2D eigenvalue weighted by molar-refractivity contribution is 5.99. The third-order valence-corrected chi connectivity index (χ3v) is 2.08. The fourth-order valence-electron chi connectivity index (χ4n) is 1.20. The van der Waals surface area contributed by atoms with Crippen molar-refractivity contribution < 1.29 is 14.7 Å². The molecule has 6 nitrogen and oxygen atoms in total. The SMILES string of the molecule is CN(C)CCC(=O)Nc1ncccc1C(=O)O. The molecule has 6 heteroatoms. The smallest absolute Gasteiger partial charge is 0.339 e. The molecule has 0 atom stereocenters. The van der Waals surface area contributed by atoms with Gasteiger partial charge in [0.25, 0.3) is 0 Å². The summed E-state index contributed by atoms with van der Waals surface area (Å²) in [4.78, 5) is 28.1. The van der Waals surface area contributed by atoms with Crippen LogP contribution >= 0.6 is 0 Å². The van der Waals surface area contributed by atoms with Crippen LogP contribution < -0.4 is 5.32 Å². The minimum atomic E-state index is -1.11. The van der Waals surface area contributed by atoms with Gasteiger partial charge in [-0.1, -0.05) is 0 Å². The molecule has 0 aliphatic heterocycles. The Balaban J connectivity index is 2.68. The van der Waals surface area contributed by atoms with Crippen LogP contribution in [0, 0.1) is 0 Å². The van der Waals surface area contributed by atoms with E-state index in [1.165, 1.54) is 18.3 Å². The third-order valence-electron chi connectivity index (χ3n) is 2.08. The van der Waals surface area contributed by atoms with E-state index in [1.54, 1.807) is 0 Å². The molecule has 0 aromatic carbocycles. The van der Waals surface area contributed by atoms with Crippen molar-refractivity contribution in [1.29, 1.82) is 0 Å². The highest BCUT2D eigenvalue weighted by atomic mass is 16.4. The van der Waals surface area contributed by atoms with Crippen molar-refractivity contribution in [2.45, 2.75) is 6.42 Å². The van der Waals surface area contributed by atoms with E-state index in [0.29, 0.717) is 13.0 Å². The molecule has 0 aliphatic carbocycles. The molecule has 1 rings (SSSR count). The standard InChI is InChI=1S/C11H15N3O3/c1-14(2)7-5-9(15)13-10-8(11(16)17)4-3-6-12-10/h3-4,6H,5,7H2,1-2H3,(H,16,17)(H,12,13,15). The molecular formula is C11H15N3O3. The Morgan fingerprint density at radius 2 is 2.18 bits per heavy atom. The fraction of sp³-hybridized carbons (Fsp3) is 0.364. The number of nitrogens with one attached hydrogen (secondary N) is 1. The zero-order chi connectivity index (χ0) is 12.8. The summed E-state index contributed by atoms with van der Waals surface area (Å²) >= 11 is 0. The van der Waals surface area contributed by atoms with E-state index in [1.807, 2.05) is 19.0 Å². The summed E-state index contributed by atoms with van der Waals surface area (Å²) in [5.74, 6) is -1.27. The number of aromatic carboxylic acids is 1. The first kappa shape index (κ1) is 13.1. The Morgan fingerprint density at radius 1 is 1.47 bits per heavy atom. The topological polar surface area (TPSA) is 82.5 Å². The summed E-state index contributed by atoms with van der Waals surface area (Å²) in [6.45, 7) is 0.598. The van der Waals surface area contributed by atoms with Crippen molar-refractivity contribution >= 4 is 17.7 Å². The van der Waals surface area contributed by atoms with Crippen molar-refractivity contribution in [3.8, 4) is 0 Å². The Kier molecular flexibility index (Phi) is 4.59. The number of amides is 1. The lowest BCUT2D eigenvalue weighted by Crippen LogP contribution is -2.22. The van der Waals surface area contributed by atoms with Gasteiger partial charge in [0.1, 0.15) is 11.4 Å². The highest BCUT2D eigenvalue weighted by Gasteiger charge is 2.12. The summed E-state index contributed by atoms with van der Waals surface area (Å²) in [7, 11) is 3.72. The van der Waals surface area contributed by atoms with Gasteiger partial charge in [0.2, 0.25) is 5.91 Å². The molecular weight excluding hydrogens is 222 g/mol. The van der Waals surface area contributed by atoms with Crippen molar-refractivity contribution in [2.75, 3.05) is 26.0 Å². The summed E-state index contributed by atoms with van der Waals surface area (Å²) < 4.78 is 0. The predicted molar refractivity (Wildman–Crippen MR) is 63.0 cm³/mol. The van der Waals surface area contributed by atoms with Crippen LogP contribution in [0.3, 0.4) is 0 Å². The number of aromatic nitrogens is 1. The molecule has 17 heavy (non-hydrogen) atoms. The van der Waals surface area contributed by atoms with Gasteiger partial charge in [-0.05, 0) is 26.2 Å². The summed E-state index contributed by atoms with van der Waals surface area (Å²) in [6.07, 6.45) is 1.73. The van der Waals surface area contributed by atoms with Crippen molar-refractivity contribution in [2.24, 2.45) is 0 Å². The first-order chi connectivity index (χ1) is 8.00. The quantitative estimate of drug-likeness (QED) is 0.786. The monoisotopic (exact) mass is 237 g/mol. The van der Waals surface area contributed by atoms with Gasteiger partial charge in [0.15, 0.2) is 0 Å². The molecule has 1 heterocycles. The Morgan fingerprint density at radius 3 is 2.76 bits per heavy atom. The van der Waals surface area contributed by atoms with E-state index in [0.717, 1.165) is 0 Å². The van der Waals surface area contributed by atoms with Crippen LogP contribution in [-0.4, -0.2) is 47.5 Å². The van der Waals surface area contributed by atoms with Gasteiger partial charge in [-0.2, -0.15) is 0 Å². The molecule has 1 aromatic rings. The van der Waals surface area contributed by atoms with E-state index in [4.69, 9.17) is 5.11 Å². The van der Waals surface area contributed by atoms with Gasteiger partial charge in [-0.15, -0.1) is 0 Å². The van der Waals surface area contributed by atoms with E-state index < -0.39 is 5.97 Å². The Labute approximate surface area is 99.3 Å². The second kappa shape index (κ2) is 5.95. The van der Waals surface area contributed by atoms with Crippen LogP contribution in [0.1, 0.15) is 16.8 Å². The van der Waals surface area contributed by atoms with E-state index in [9.17, 15) is 9.59 Å². The number of anilines is 1. The number of hydrogen-bond acceptors (Lipinski definition) is 4. The summed E-state index contributed by atoms with van der Waals surface area (Å²) in [6, 6.07) is 2.91. The van der Waals surface area contributed by atoms with E-state index >= 15 is 0 Å². The molecule has 1 aromatic heterocycles. The van der Waals surface area contributed by atoms with Crippen molar-refractivity contribution in [1.82, 2.24) is 9.88 Å². The third kappa shape index (κ3) is 4.20. The molecule has 0 unspecified atom stereocenters. The lowest BCUT2D eigenvalue weighted by atomic mass is 10.2. The zero-order valence-corrected chi connectivity index (χ0v) is 9.80. The predicted octanol–water partition coefficient (Wildman–Crippen LogP) is 0.670. The maximum Gasteiger partial charge on any atom is 0.339 e. The average molecular weight is 237 g/mol. The van der Waals surface area contributed by atoms with Crippen LogP contribution in [0.4, 0.5) is 5.82 Å². The number of nitrogens with zero attached hydrogens (tertiary/aromatic N) is 2. The molecule has 92 valence electrons. The van der Waals surface area contributed by atoms with Gasteiger partial charge >= 0.3 is 5.97 Å². The molecule has 0 radical (unpaired) electrons. The molecule has 0 fully saturated rings. The minimum absolute atomic E-state index is 0.00861. The number of hydrogen-bond donors (Lipinski definition) is 2. The Bertz CT molecular complexity index is 418. The fourth-order valence-corrected chi connectivity index (χ4v) is 1.20. The maximum absolute atomic E-state index is 11.5. The highest BCUT2D eigenvalue weighted by Crippen LogP contribution is 2.11. The first-order valence-electron chi connectivity index (χ1n) is 5.13. The second-order valence-corrected chi connectivity index (χ2v) is 3.81. The Hall–Kier alpha value is -1.95. The largest absolute Gasteiger partial charge is 0.478 e. The normalized spacial score (nSPS) is 10.3. The number of rotatable bonds is 5. The average Bonchev–Trinajstić information content (AvgIpc) is 2.27. The van der Waals surface area contributed by atoms with Gasteiger partial charge in [0, 0.05) is 19.2 Å². The molecule has 0 saturated heterocycles. The molecule has 0 spiro atoms. The van der Waals surface area contributed by atoms with Crippen molar-refractivity contribution in [3.63, 3.8) is 0 Å². The lowest BCUT2D eigenvalue weighted by Gasteiger charge is -2.10. The number of carbonyl (C=O) groups excluding carboxylic acids is 1. The van der Waals surface area contributed by atoms with Crippen molar-refractivity contribution in [3.05, 3.63) is 23.9 Å². The van der Waals surface area contributed by atoms with Crippen LogP contribution in [-0.2, 0) is 4.79 Å². The second-order valence-electron chi connectivity index (χ2n) is 3.81. The number of carboxylic acids is 1. The maximum atomic E-state index is 11.5. The molecule has 2 N–H and O–H groups in total. The molecule has 0 saturated carbocycles. The van der Waals surface area contributed by atoms with Gasteiger partial charge in [-0.3, -0.25) is 4.79 Å². The van der Waals surface area contributed by atoms with Crippen LogP contribution in [0.5, 0.6) is 0 Å². The summed E-state index contributed by atoms with van der Waals surface area (Å²) in [5.41, 5.74) is -0.00861. The van der Waals surface area contributed by atoms with E-state index in [-0.39, 0.29) is 17.3 Å².